The molecule has 4 rings (SSSR count). The van der Waals surface area contributed by atoms with E-state index in [2.05, 4.69) is 17.3 Å². The van der Waals surface area contributed by atoms with Crippen LogP contribution in [0, 0.1) is 5.92 Å². The molecule has 9 nitrogen and oxygen atoms in total. The van der Waals surface area contributed by atoms with Gasteiger partial charge in [-0.05, 0) is 63.2 Å². The van der Waals surface area contributed by atoms with E-state index in [-0.39, 0.29) is 23.3 Å². The molecule has 2 unspecified atom stereocenters. The third-order valence-electron chi connectivity index (χ3n) is 7.66. The van der Waals surface area contributed by atoms with Gasteiger partial charge in [-0.25, -0.2) is 0 Å². The number of nitrogens with one attached hydrogen (secondary N) is 1. The molecule has 1 aromatic carbocycles. The molecule has 1 saturated carbocycles. The molecule has 1 aromatic rings. The molecule has 0 aromatic heterocycles. The highest BCUT2D eigenvalue weighted by atomic mass is 16.4. The average Bonchev–Trinajstić information content (AvgIpc) is 2.69. The third-order valence-corrected chi connectivity index (χ3v) is 7.66. The number of nitrogens with two attached hydrogens (primary N) is 1. The van der Waals surface area contributed by atoms with Crippen LogP contribution >= 0.6 is 0 Å². The summed E-state index contributed by atoms with van der Waals surface area (Å²) >= 11 is 0. The van der Waals surface area contributed by atoms with Crippen LogP contribution in [0.2, 0.25) is 0 Å². The summed E-state index contributed by atoms with van der Waals surface area (Å²) in [5, 5.41) is 32.7. The largest absolute Gasteiger partial charge is 0.507 e. The molecule has 2 aliphatic carbocycles. The minimum absolute atomic E-state index is 0.0565. The van der Waals surface area contributed by atoms with Crippen LogP contribution in [0.5, 0.6) is 5.75 Å². The van der Waals surface area contributed by atoms with E-state index in [0.717, 1.165) is 43.4 Å². The lowest BCUT2D eigenvalue weighted by atomic mass is 9.51. The van der Waals surface area contributed by atoms with Crippen molar-refractivity contribution in [2.75, 3.05) is 13.6 Å². The Labute approximate surface area is 180 Å². The minimum Gasteiger partial charge on any atom is -0.507 e. The first-order chi connectivity index (χ1) is 14.6. The van der Waals surface area contributed by atoms with Crippen molar-refractivity contribution in [2.45, 2.75) is 62.1 Å². The maximum absolute atomic E-state index is 11.9. The van der Waals surface area contributed by atoms with Gasteiger partial charge < -0.3 is 31.3 Å². The number of rotatable bonds is 6. The maximum atomic E-state index is 11.9. The van der Waals surface area contributed by atoms with E-state index in [0.29, 0.717) is 12.5 Å². The van der Waals surface area contributed by atoms with Crippen LogP contribution in [-0.4, -0.2) is 69.8 Å². The van der Waals surface area contributed by atoms with E-state index < -0.39 is 35.7 Å². The number of hydrogen-bond donors (Lipinski definition) is 5. The summed E-state index contributed by atoms with van der Waals surface area (Å²) in [7, 11) is 2.11. The number of carbonyl (C=O) groups is 3. The van der Waals surface area contributed by atoms with Gasteiger partial charge in [-0.2, -0.15) is 0 Å². The van der Waals surface area contributed by atoms with Gasteiger partial charge in [-0.3, -0.25) is 14.4 Å². The van der Waals surface area contributed by atoms with Crippen molar-refractivity contribution >= 4 is 17.8 Å². The molecule has 9 heteroatoms. The van der Waals surface area contributed by atoms with Gasteiger partial charge in [-0.1, -0.05) is 6.07 Å². The van der Waals surface area contributed by atoms with Crippen LogP contribution in [0.25, 0.3) is 0 Å². The number of aliphatic carboxylic acids is 2. The van der Waals surface area contributed by atoms with Crippen molar-refractivity contribution in [3.63, 3.8) is 0 Å². The normalized spacial score (nSPS) is 30.7. The van der Waals surface area contributed by atoms with E-state index in [1.165, 1.54) is 0 Å². The molecule has 0 radical (unpaired) electrons. The van der Waals surface area contributed by atoms with Crippen molar-refractivity contribution in [1.82, 2.24) is 10.2 Å². The summed E-state index contributed by atoms with van der Waals surface area (Å²) in [4.78, 5) is 37.0. The van der Waals surface area contributed by atoms with E-state index in [1.807, 2.05) is 6.07 Å². The number of fused-ring (bicyclic) bond motifs is 1. The standard InChI is InChI=1S/C22H29N3O6/c1-25-7-6-22-10-12(24-15(21(30)31)9-17(26)27)3-5-14(22)16(25)8-11-2-4-13(20(23)29)19(28)18(11)22/h2,4,12,14-16,24,28H,3,5-10H2,1H3,(H2,23,29)(H,26,27)(H,30,31)/t12-,14?,15?,16-,22+/m1/s1. The van der Waals surface area contributed by atoms with Gasteiger partial charge >= 0.3 is 11.9 Å². The number of likely N-dealkylation sites (tertiary alicyclic amines) is 1. The monoisotopic (exact) mass is 431 g/mol. The van der Waals surface area contributed by atoms with E-state index in [4.69, 9.17) is 10.8 Å². The number of carbonyl (C=O) groups excluding carboxylic acids is 1. The SMILES string of the molecule is CN1CC[C@]23C[C@H](NC(CC(=O)O)C(=O)O)CCC2[C@H]1Cc1ccc(C(N)=O)c(O)c13. The number of carboxylic acid groups (broad SMARTS) is 2. The van der Waals surface area contributed by atoms with Gasteiger partial charge in [0.15, 0.2) is 0 Å². The van der Waals surface area contributed by atoms with Crippen LogP contribution in [0.4, 0.5) is 0 Å². The Morgan fingerprint density at radius 3 is 2.68 bits per heavy atom. The van der Waals surface area contributed by atoms with Crippen LogP contribution < -0.4 is 11.1 Å². The third kappa shape index (κ3) is 3.55. The number of carboxylic acids is 2. The topological polar surface area (TPSA) is 153 Å². The van der Waals surface area contributed by atoms with Gasteiger partial charge in [0.1, 0.15) is 11.8 Å². The fraction of sp³-hybridized carbons (Fsp3) is 0.591. The van der Waals surface area contributed by atoms with E-state index in [1.54, 1.807) is 6.07 Å². The van der Waals surface area contributed by atoms with E-state index in [9.17, 15) is 24.6 Å². The summed E-state index contributed by atoms with van der Waals surface area (Å²) < 4.78 is 0. The Kier molecular flexibility index (Phi) is 5.43. The smallest absolute Gasteiger partial charge is 0.321 e. The molecular formula is C22H29N3O6. The molecule has 2 fully saturated rings. The summed E-state index contributed by atoms with van der Waals surface area (Å²) in [6.07, 6.45) is 3.18. The second-order valence-corrected chi connectivity index (χ2v) is 9.26. The Balaban J connectivity index is 1.74. The molecule has 6 N–H and O–H groups in total. The number of benzene rings is 1. The summed E-state index contributed by atoms with van der Waals surface area (Å²) in [6, 6.07) is 2.38. The Morgan fingerprint density at radius 1 is 1.29 bits per heavy atom. The van der Waals surface area contributed by atoms with Gasteiger partial charge in [0.05, 0.1) is 12.0 Å². The van der Waals surface area contributed by atoms with Crippen LogP contribution in [-0.2, 0) is 21.4 Å². The van der Waals surface area contributed by atoms with Gasteiger partial charge in [0.2, 0.25) is 0 Å². The van der Waals surface area contributed by atoms with Gasteiger partial charge in [0.25, 0.3) is 5.91 Å². The summed E-state index contributed by atoms with van der Waals surface area (Å²) in [5.41, 5.74) is 6.96. The zero-order valence-corrected chi connectivity index (χ0v) is 17.5. The lowest BCUT2D eigenvalue weighted by Gasteiger charge is -2.60. The predicted molar refractivity (Wildman–Crippen MR) is 111 cm³/mol. The van der Waals surface area contributed by atoms with Crippen molar-refractivity contribution in [1.29, 1.82) is 0 Å². The molecule has 1 heterocycles. The first-order valence-corrected chi connectivity index (χ1v) is 10.7. The second-order valence-electron chi connectivity index (χ2n) is 9.26. The number of primary amides is 1. The Bertz CT molecular complexity index is 934. The number of nitrogens with zero attached hydrogens (tertiary/aromatic N) is 1. The van der Waals surface area contributed by atoms with Gasteiger partial charge in [-0.15, -0.1) is 0 Å². The van der Waals surface area contributed by atoms with Crippen LogP contribution in [0.15, 0.2) is 12.1 Å². The number of hydrogen-bond acceptors (Lipinski definition) is 6. The fourth-order valence-electron chi connectivity index (χ4n) is 6.36. The van der Waals surface area contributed by atoms with Crippen molar-refractivity contribution in [2.24, 2.45) is 11.7 Å². The molecule has 0 spiro atoms. The average molecular weight is 431 g/mol. The predicted octanol–water partition coefficient (Wildman–Crippen LogP) is 0.675. The Hall–Kier alpha value is -2.65. The molecule has 1 aliphatic heterocycles. The number of amides is 1. The second kappa shape index (κ2) is 7.80. The van der Waals surface area contributed by atoms with Crippen LogP contribution in [0.3, 0.4) is 0 Å². The highest BCUT2D eigenvalue weighted by Gasteiger charge is 2.56. The lowest BCUT2D eigenvalue weighted by molar-refractivity contribution is -0.146. The first-order valence-electron chi connectivity index (χ1n) is 10.7. The fourth-order valence-corrected chi connectivity index (χ4v) is 6.36. The molecule has 1 amide bonds. The number of aromatic hydroxyl groups is 1. The molecule has 5 atom stereocenters. The number of piperidine rings is 1. The molecule has 2 bridgehead atoms. The quantitative estimate of drug-likeness (QED) is 0.441. The van der Waals surface area contributed by atoms with Crippen molar-refractivity contribution < 1.29 is 29.7 Å². The summed E-state index contributed by atoms with van der Waals surface area (Å²) in [5.74, 6) is -2.84. The zero-order valence-electron chi connectivity index (χ0n) is 17.5. The Morgan fingerprint density at radius 2 is 2.03 bits per heavy atom. The molecular weight excluding hydrogens is 402 g/mol. The lowest BCUT2D eigenvalue weighted by Crippen LogP contribution is -2.63. The van der Waals surface area contributed by atoms with Crippen LogP contribution in [0.1, 0.15) is 53.6 Å². The highest BCUT2D eigenvalue weighted by molar-refractivity contribution is 5.96. The minimum atomic E-state index is -1.19. The molecule has 168 valence electrons. The van der Waals surface area contributed by atoms with Gasteiger partial charge in [0, 0.05) is 23.1 Å². The van der Waals surface area contributed by atoms with E-state index >= 15 is 0 Å². The zero-order chi connectivity index (χ0) is 22.5. The van der Waals surface area contributed by atoms with Crippen molar-refractivity contribution in [3.8, 4) is 5.75 Å². The molecule has 1 saturated heterocycles. The molecule has 3 aliphatic rings. The maximum Gasteiger partial charge on any atom is 0.321 e. The van der Waals surface area contributed by atoms with Crippen molar-refractivity contribution in [3.05, 3.63) is 28.8 Å². The number of likely N-dealkylation sites (N-methyl/N-ethyl adjacent to an activating group) is 1. The highest BCUT2D eigenvalue weighted by Crippen LogP contribution is 2.58. The summed E-state index contributed by atoms with van der Waals surface area (Å²) in [6.45, 7) is 0.824. The molecule has 31 heavy (non-hydrogen) atoms. The first kappa shape index (κ1) is 21.6. The number of phenols is 1.